The molecule has 16 heavy (non-hydrogen) atoms. The van der Waals surface area contributed by atoms with Gasteiger partial charge in [0.15, 0.2) is 0 Å². The number of imide groups is 1. The third-order valence-electron chi connectivity index (χ3n) is 2.87. The zero-order valence-corrected chi connectivity index (χ0v) is 11.1. The maximum absolute atomic E-state index is 11.3. The molecule has 1 aliphatic rings. The second-order valence-electron chi connectivity index (χ2n) is 4.03. The first-order chi connectivity index (χ1) is 7.49. The van der Waals surface area contributed by atoms with E-state index in [4.69, 9.17) is 11.6 Å². The van der Waals surface area contributed by atoms with Gasteiger partial charge in [-0.05, 0) is 26.0 Å². The normalized spacial score (nSPS) is 19.4. The predicted octanol–water partition coefficient (Wildman–Crippen LogP) is 1.73. The fourth-order valence-corrected chi connectivity index (χ4v) is 2.49. The molecule has 0 aromatic carbocycles. The SMILES string of the molecule is CSC1(CNC(=O)NC(=O)C(C)Cl)CCC1. The van der Waals surface area contributed by atoms with Gasteiger partial charge in [0.05, 0.1) is 0 Å². The summed E-state index contributed by atoms with van der Waals surface area (Å²) >= 11 is 7.30. The van der Waals surface area contributed by atoms with Gasteiger partial charge in [0, 0.05) is 11.3 Å². The molecule has 92 valence electrons. The first-order valence-electron chi connectivity index (χ1n) is 5.27. The second kappa shape index (κ2) is 5.77. The molecule has 4 nitrogen and oxygen atoms in total. The van der Waals surface area contributed by atoms with Crippen molar-refractivity contribution in [1.29, 1.82) is 0 Å². The quantitative estimate of drug-likeness (QED) is 0.761. The Morgan fingerprint density at radius 2 is 2.12 bits per heavy atom. The summed E-state index contributed by atoms with van der Waals surface area (Å²) in [6, 6.07) is -0.460. The minimum atomic E-state index is -0.691. The number of hydrogen-bond donors (Lipinski definition) is 2. The number of carbonyl (C=O) groups excluding carboxylic acids is 2. The zero-order valence-electron chi connectivity index (χ0n) is 9.51. The summed E-state index contributed by atoms with van der Waals surface area (Å²) in [5, 5.41) is 4.22. The Balaban J connectivity index is 2.27. The Morgan fingerprint density at radius 1 is 1.50 bits per heavy atom. The monoisotopic (exact) mass is 264 g/mol. The number of halogens is 1. The Labute approximate surface area is 105 Å². The Hall–Kier alpha value is -0.420. The highest BCUT2D eigenvalue weighted by atomic mass is 35.5. The van der Waals surface area contributed by atoms with Gasteiger partial charge in [0.1, 0.15) is 5.38 Å². The lowest BCUT2D eigenvalue weighted by Gasteiger charge is -2.40. The molecule has 0 radical (unpaired) electrons. The van der Waals surface area contributed by atoms with Crippen molar-refractivity contribution in [3.63, 3.8) is 0 Å². The number of hydrogen-bond acceptors (Lipinski definition) is 3. The minimum absolute atomic E-state index is 0.174. The summed E-state index contributed by atoms with van der Waals surface area (Å²) in [6.07, 6.45) is 5.50. The third kappa shape index (κ3) is 3.56. The highest BCUT2D eigenvalue weighted by molar-refractivity contribution is 8.00. The van der Waals surface area contributed by atoms with E-state index in [2.05, 4.69) is 10.6 Å². The van der Waals surface area contributed by atoms with Crippen molar-refractivity contribution in [3.05, 3.63) is 0 Å². The average molecular weight is 265 g/mol. The first kappa shape index (κ1) is 13.6. The maximum atomic E-state index is 11.3. The van der Waals surface area contributed by atoms with Crippen LogP contribution in [-0.4, -0.2) is 34.9 Å². The van der Waals surface area contributed by atoms with Crippen LogP contribution in [-0.2, 0) is 4.79 Å². The van der Waals surface area contributed by atoms with Crippen LogP contribution in [0.4, 0.5) is 4.79 Å². The largest absolute Gasteiger partial charge is 0.336 e. The highest BCUT2D eigenvalue weighted by Crippen LogP contribution is 2.42. The fraction of sp³-hybridized carbons (Fsp3) is 0.800. The molecule has 1 unspecified atom stereocenters. The summed E-state index contributed by atoms with van der Waals surface area (Å²) < 4.78 is 0.174. The van der Waals surface area contributed by atoms with E-state index < -0.39 is 17.3 Å². The van der Waals surface area contributed by atoms with E-state index in [0.717, 1.165) is 12.8 Å². The van der Waals surface area contributed by atoms with Gasteiger partial charge >= 0.3 is 6.03 Å². The molecule has 1 saturated carbocycles. The fourth-order valence-electron chi connectivity index (χ4n) is 1.52. The Bertz CT molecular complexity index is 274. The Morgan fingerprint density at radius 3 is 2.50 bits per heavy atom. The number of amides is 3. The van der Waals surface area contributed by atoms with Crippen LogP contribution in [0.1, 0.15) is 26.2 Å². The number of nitrogens with one attached hydrogen (secondary N) is 2. The smallest absolute Gasteiger partial charge is 0.321 e. The molecule has 0 bridgehead atoms. The van der Waals surface area contributed by atoms with E-state index in [1.807, 2.05) is 6.26 Å². The predicted molar refractivity (Wildman–Crippen MR) is 67.0 cm³/mol. The second-order valence-corrected chi connectivity index (χ2v) is 5.96. The summed E-state index contributed by atoms with van der Waals surface area (Å²) in [5.41, 5.74) is 0. The van der Waals surface area contributed by atoms with E-state index in [0.29, 0.717) is 6.54 Å². The lowest BCUT2D eigenvalue weighted by molar-refractivity contribution is -0.119. The van der Waals surface area contributed by atoms with Crippen LogP contribution in [0.3, 0.4) is 0 Å². The van der Waals surface area contributed by atoms with Crippen molar-refractivity contribution in [3.8, 4) is 0 Å². The lowest BCUT2D eigenvalue weighted by atomic mass is 9.84. The van der Waals surface area contributed by atoms with Gasteiger partial charge in [-0.25, -0.2) is 4.79 Å². The molecule has 0 aliphatic heterocycles. The molecule has 1 fully saturated rings. The highest BCUT2D eigenvalue weighted by Gasteiger charge is 2.36. The van der Waals surface area contributed by atoms with Gasteiger partial charge in [-0.1, -0.05) is 6.42 Å². The molecule has 1 aliphatic carbocycles. The molecule has 0 aromatic heterocycles. The van der Waals surface area contributed by atoms with Gasteiger partial charge in [0.2, 0.25) is 5.91 Å². The van der Waals surface area contributed by atoms with Crippen molar-refractivity contribution in [2.75, 3.05) is 12.8 Å². The van der Waals surface area contributed by atoms with Crippen molar-refractivity contribution in [2.45, 2.75) is 36.3 Å². The van der Waals surface area contributed by atoms with Crippen molar-refractivity contribution in [2.24, 2.45) is 0 Å². The molecule has 0 heterocycles. The minimum Gasteiger partial charge on any atom is -0.336 e. The standard InChI is InChI=1S/C10H17ClN2O2S/c1-7(11)8(14)13-9(15)12-6-10(16-2)4-3-5-10/h7H,3-6H2,1-2H3,(H2,12,13,14,15). The van der Waals surface area contributed by atoms with Crippen LogP contribution in [0.5, 0.6) is 0 Å². The molecule has 0 spiro atoms. The van der Waals surface area contributed by atoms with E-state index >= 15 is 0 Å². The zero-order chi connectivity index (χ0) is 12.2. The maximum Gasteiger partial charge on any atom is 0.321 e. The molecule has 3 amide bonds. The van der Waals surface area contributed by atoms with Crippen molar-refractivity contribution in [1.82, 2.24) is 10.6 Å². The van der Waals surface area contributed by atoms with Gasteiger partial charge < -0.3 is 5.32 Å². The third-order valence-corrected chi connectivity index (χ3v) is 4.48. The van der Waals surface area contributed by atoms with Crippen molar-refractivity contribution < 1.29 is 9.59 Å². The molecule has 1 rings (SSSR count). The number of urea groups is 1. The van der Waals surface area contributed by atoms with Gasteiger partial charge in [0.25, 0.3) is 0 Å². The summed E-state index contributed by atoms with van der Waals surface area (Å²) in [5.74, 6) is -0.467. The van der Waals surface area contributed by atoms with Crippen LogP contribution in [0.2, 0.25) is 0 Å². The first-order valence-corrected chi connectivity index (χ1v) is 6.93. The van der Waals surface area contributed by atoms with E-state index in [1.54, 1.807) is 11.8 Å². The molecule has 0 saturated heterocycles. The summed E-state index contributed by atoms with van der Waals surface area (Å²) in [7, 11) is 0. The van der Waals surface area contributed by atoms with Crippen molar-refractivity contribution >= 4 is 35.3 Å². The van der Waals surface area contributed by atoms with E-state index in [1.165, 1.54) is 13.3 Å². The van der Waals surface area contributed by atoms with Crippen LogP contribution in [0, 0.1) is 0 Å². The molecule has 2 N–H and O–H groups in total. The molecule has 6 heteroatoms. The molecular formula is C10H17ClN2O2S. The van der Waals surface area contributed by atoms with E-state index in [9.17, 15) is 9.59 Å². The van der Waals surface area contributed by atoms with Crippen LogP contribution in [0.25, 0.3) is 0 Å². The molecule has 1 atom stereocenters. The molecule has 0 aromatic rings. The van der Waals surface area contributed by atoms with Gasteiger partial charge in [-0.15, -0.1) is 11.6 Å². The summed E-state index contributed by atoms with van der Waals surface area (Å²) in [4.78, 5) is 22.5. The topological polar surface area (TPSA) is 58.2 Å². The molecular weight excluding hydrogens is 248 g/mol. The average Bonchev–Trinajstić information content (AvgIpc) is 2.16. The van der Waals surface area contributed by atoms with Gasteiger partial charge in [-0.3, -0.25) is 10.1 Å². The van der Waals surface area contributed by atoms with Crippen LogP contribution >= 0.6 is 23.4 Å². The van der Waals surface area contributed by atoms with E-state index in [-0.39, 0.29) is 4.75 Å². The number of rotatable bonds is 4. The number of carbonyl (C=O) groups is 2. The number of alkyl halides is 1. The Kier molecular flexibility index (Phi) is 4.92. The lowest BCUT2D eigenvalue weighted by Crippen LogP contribution is -2.50. The van der Waals surface area contributed by atoms with Crippen LogP contribution in [0.15, 0.2) is 0 Å². The summed E-state index contributed by atoms with van der Waals surface area (Å²) in [6.45, 7) is 2.13. The van der Waals surface area contributed by atoms with Crippen LogP contribution < -0.4 is 10.6 Å². The number of thioether (sulfide) groups is 1. The van der Waals surface area contributed by atoms with Gasteiger partial charge in [-0.2, -0.15) is 11.8 Å².